The van der Waals surface area contributed by atoms with Crippen LogP contribution < -0.4 is 4.72 Å². The second-order valence-corrected chi connectivity index (χ2v) is 7.38. The minimum Gasteiger partial charge on any atom is -0.421 e. The number of sulfonamides is 1. The first-order valence-corrected chi connectivity index (χ1v) is 9.17. The molecule has 1 aromatic carbocycles. The van der Waals surface area contributed by atoms with Gasteiger partial charge in [0.05, 0.1) is 0 Å². The summed E-state index contributed by atoms with van der Waals surface area (Å²) in [5.41, 5.74) is 2.24. The highest BCUT2D eigenvalue weighted by Gasteiger charge is 2.23. The topological polar surface area (TPSA) is 111 Å². The Bertz CT molecular complexity index is 972. The molecule has 3 aromatic rings. The van der Waals surface area contributed by atoms with Crippen molar-refractivity contribution in [2.24, 2.45) is 0 Å². The Morgan fingerprint density at radius 1 is 1.16 bits per heavy atom. The van der Waals surface area contributed by atoms with Gasteiger partial charge < -0.3 is 8.94 Å². The average Bonchev–Trinajstić information content (AvgIpc) is 3.14. The van der Waals surface area contributed by atoms with E-state index in [1.807, 2.05) is 31.2 Å². The SMILES string of the molecule is Cc1cccc(-c2nnc(CCNS(=O)(=O)c3c(C)noc3C)o2)c1. The number of rotatable bonds is 6. The summed E-state index contributed by atoms with van der Waals surface area (Å²) in [7, 11) is -3.70. The second-order valence-electron chi connectivity index (χ2n) is 5.67. The predicted octanol–water partition coefficient (Wildman–Crippen LogP) is 2.17. The van der Waals surface area contributed by atoms with Crippen molar-refractivity contribution in [3.8, 4) is 11.5 Å². The third kappa shape index (κ3) is 3.77. The zero-order valence-corrected chi connectivity index (χ0v) is 14.9. The van der Waals surface area contributed by atoms with Gasteiger partial charge in [0.25, 0.3) is 0 Å². The molecule has 0 radical (unpaired) electrons. The fourth-order valence-corrected chi connectivity index (χ4v) is 3.83. The molecular weight excluding hydrogens is 344 g/mol. The normalized spacial score (nSPS) is 11.8. The number of nitrogens with zero attached hydrogens (tertiary/aromatic N) is 3. The van der Waals surface area contributed by atoms with Crippen LogP contribution in [0.4, 0.5) is 0 Å². The lowest BCUT2D eigenvalue weighted by atomic mass is 10.1. The number of benzene rings is 1. The van der Waals surface area contributed by atoms with Gasteiger partial charge in [-0.1, -0.05) is 22.9 Å². The summed E-state index contributed by atoms with van der Waals surface area (Å²) < 4.78 is 37.6. The highest BCUT2D eigenvalue weighted by Crippen LogP contribution is 2.20. The highest BCUT2D eigenvalue weighted by atomic mass is 32.2. The van der Waals surface area contributed by atoms with Crippen LogP contribution >= 0.6 is 0 Å². The lowest BCUT2D eigenvalue weighted by Gasteiger charge is -2.04. The minimum atomic E-state index is -3.70. The van der Waals surface area contributed by atoms with E-state index in [4.69, 9.17) is 8.94 Å². The van der Waals surface area contributed by atoms with E-state index >= 15 is 0 Å². The molecule has 0 amide bonds. The summed E-state index contributed by atoms with van der Waals surface area (Å²) >= 11 is 0. The van der Waals surface area contributed by atoms with Crippen molar-refractivity contribution < 1.29 is 17.4 Å². The summed E-state index contributed by atoms with van der Waals surface area (Å²) in [4.78, 5) is 0.0680. The Balaban J connectivity index is 1.65. The van der Waals surface area contributed by atoms with Crippen molar-refractivity contribution in [3.63, 3.8) is 0 Å². The maximum atomic E-state index is 12.3. The summed E-state index contributed by atoms with van der Waals surface area (Å²) in [6.07, 6.45) is 0.279. The quantitative estimate of drug-likeness (QED) is 0.715. The van der Waals surface area contributed by atoms with E-state index in [1.54, 1.807) is 13.8 Å². The molecule has 0 atom stereocenters. The summed E-state index contributed by atoms with van der Waals surface area (Å²) in [6.45, 7) is 5.24. The Labute approximate surface area is 145 Å². The van der Waals surface area contributed by atoms with E-state index in [2.05, 4.69) is 20.1 Å². The van der Waals surface area contributed by atoms with Gasteiger partial charge in [-0.2, -0.15) is 0 Å². The molecule has 0 aliphatic heterocycles. The van der Waals surface area contributed by atoms with Crippen molar-refractivity contribution in [1.82, 2.24) is 20.1 Å². The van der Waals surface area contributed by atoms with Crippen molar-refractivity contribution in [1.29, 1.82) is 0 Å². The van der Waals surface area contributed by atoms with Crippen LogP contribution in [0, 0.1) is 20.8 Å². The number of aromatic nitrogens is 3. The maximum absolute atomic E-state index is 12.3. The molecule has 0 spiro atoms. The average molecular weight is 362 g/mol. The minimum absolute atomic E-state index is 0.0680. The van der Waals surface area contributed by atoms with Gasteiger partial charge >= 0.3 is 0 Å². The van der Waals surface area contributed by atoms with Crippen LogP contribution in [0.2, 0.25) is 0 Å². The highest BCUT2D eigenvalue weighted by molar-refractivity contribution is 7.89. The van der Waals surface area contributed by atoms with Gasteiger partial charge in [-0.15, -0.1) is 10.2 Å². The molecule has 25 heavy (non-hydrogen) atoms. The van der Waals surface area contributed by atoms with E-state index in [0.717, 1.165) is 11.1 Å². The van der Waals surface area contributed by atoms with Crippen molar-refractivity contribution in [2.45, 2.75) is 32.1 Å². The van der Waals surface area contributed by atoms with Gasteiger partial charge in [0.15, 0.2) is 5.76 Å². The molecule has 0 aliphatic rings. The van der Waals surface area contributed by atoms with Gasteiger partial charge in [0.2, 0.25) is 21.8 Å². The Kier molecular flexibility index (Phi) is 4.69. The van der Waals surface area contributed by atoms with E-state index in [0.29, 0.717) is 17.5 Å². The first kappa shape index (κ1) is 17.3. The van der Waals surface area contributed by atoms with Crippen LogP contribution in [0.3, 0.4) is 0 Å². The number of aryl methyl sites for hydroxylation is 3. The molecule has 0 saturated carbocycles. The van der Waals surface area contributed by atoms with Crippen molar-refractivity contribution in [3.05, 3.63) is 47.2 Å². The van der Waals surface area contributed by atoms with Gasteiger partial charge in [-0.05, 0) is 32.9 Å². The zero-order valence-electron chi connectivity index (χ0n) is 14.1. The molecule has 0 bridgehead atoms. The molecule has 1 N–H and O–H groups in total. The zero-order chi connectivity index (χ0) is 18.0. The second kappa shape index (κ2) is 6.77. The van der Waals surface area contributed by atoms with Crippen LogP contribution in [0.15, 0.2) is 38.1 Å². The van der Waals surface area contributed by atoms with Gasteiger partial charge in [0, 0.05) is 18.5 Å². The van der Waals surface area contributed by atoms with Crippen molar-refractivity contribution >= 4 is 10.0 Å². The van der Waals surface area contributed by atoms with Crippen LogP contribution in [0.5, 0.6) is 0 Å². The van der Waals surface area contributed by atoms with Crippen molar-refractivity contribution in [2.75, 3.05) is 6.54 Å². The molecule has 3 rings (SSSR count). The molecule has 0 fully saturated rings. The lowest BCUT2D eigenvalue weighted by Crippen LogP contribution is -2.26. The smallest absolute Gasteiger partial charge is 0.247 e. The van der Waals surface area contributed by atoms with Crippen LogP contribution in [-0.2, 0) is 16.4 Å². The number of nitrogens with one attached hydrogen (secondary N) is 1. The van der Waals surface area contributed by atoms with E-state index in [-0.39, 0.29) is 23.6 Å². The van der Waals surface area contributed by atoms with E-state index < -0.39 is 10.0 Å². The molecule has 8 nitrogen and oxygen atoms in total. The third-order valence-corrected chi connectivity index (χ3v) is 5.30. The first-order chi connectivity index (χ1) is 11.9. The number of hydrogen-bond acceptors (Lipinski definition) is 7. The fraction of sp³-hybridized carbons (Fsp3) is 0.312. The van der Waals surface area contributed by atoms with Crippen LogP contribution in [0.1, 0.15) is 22.9 Å². The lowest BCUT2D eigenvalue weighted by molar-refractivity contribution is 0.390. The number of hydrogen-bond donors (Lipinski definition) is 1. The molecule has 2 heterocycles. The molecule has 9 heteroatoms. The Morgan fingerprint density at radius 2 is 1.96 bits per heavy atom. The molecule has 0 unspecified atom stereocenters. The standard InChI is InChI=1S/C16H18N4O4S/c1-10-5-4-6-13(9-10)16-19-18-14(23-16)7-8-17-25(21,22)15-11(2)20-24-12(15)3/h4-6,9,17H,7-8H2,1-3H3. The van der Waals surface area contributed by atoms with E-state index in [9.17, 15) is 8.42 Å². The van der Waals surface area contributed by atoms with Gasteiger partial charge in [0.1, 0.15) is 10.6 Å². The fourth-order valence-electron chi connectivity index (χ4n) is 2.47. The third-order valence-electron chi connectivity index (χ3n) is 3.60. The van der Waals surface area contributed by atoms with Crippen LogP contribution in [-0.4, -0.2) is 30.3 Å². The summed E-state index contributed by atoms with van der Waals surface area (Å²) in [5.74, 6) is 1.02. The van der Waals surface area contributed by atoms with Crippen LogP contribution in [0.25, 0.3) is 11.5 Å². The summed E-state index contributed by atoms with van der Waals surface area (Å²) in [5, 5.41) is 11.6. The maximum Gasteiger partial charge on any atom is 0.247 e. The molecular formula is C16H18N4O4S. The van der Waals surface area contributed by atoms with E-state index in [1.165, 1.54) is 0 Å². The predicted molar refractivity (Wildman–Crippen MR) is 89.3 cm³/mol. The summed E-state index contributed by atoms with van der Waals surface area (Å²) in [6, 6.07) is 7.71. The molecule has 132 valence electrons. The van der Waals surface area contributed by atoms with Gasteiger partial charge in [-0.25, -0.2) is 13.1 Å². The monoisotopic (exact) mass is 362 g/mol. The Hall–Kier alpha value is -2.52. The van der Waals surface area contributed by atoms with Gasteiger partial charge in [-0.3, -0.25) is 0 Å². The first-order valence-electron chi connectivity index (χ1n) is 7.69. The largest absolute Gasteiger partial charge is 0.421 e. The Morgan fingerprint density at radius 3 is 2.64 bits per heavy atom. The molecule has 0 saturated heterocycles. The molecule has 2 aromatic heterocycles. The molecule has 0 aliphatic carbocycles.